The van der Waals surface area contributed by atoms with Crippen molar-refractivity contribution in [1.82, 2.24) is 14.8 Å². The normalized spacial score (nSPS) is 27.1. The summed E-state index contributed by atoms with van der Waals surface area (Å²) in [5, 5.41) is 8.73. The summed E-state index contributed by atoms with van der Waals surface area (Å²) in [7, 11) is 0. The van der Waals surface area contributed by atoms with E-state index in [1.54, 1.807) is 6.20 Å². The van der Waals surface area contributed by atoms with Crippen molar-refractivity contribution in [2.45, 2.75) is 37.6 Å². The highest BCUT2D eigenvalue weighted by Crippen LogP contribution is 2.54. The van der Waals surface area contributed by atoms with Gasteiger partial charge in [0.25, 0.3) is 0 Å². The molecule has 6 heteroatoms. The SMILES string of the molecule is Cc1ccnn1C1CCC2(CNc3ncc(Br)c(Cl)c32)C1. The molecule has 1 aliphatic carbocycles. The second-order valence-electron chi connectivity index (χ2n) is 6.09. The molecule has 1 aliphatic heterocycles. The van der Waals surface area contributed by atoms with Gasteiger partial charge in [-0.1, -0.05) is 11.6 Å². The Hall–Kier alpha value is -1.07. The van der Waals surface area contributed by atoms with Crippen molar-refractivity contribution in [3.8, 4) is 0 Å². The molecule has 0 saturated heterocycles. The highest BCUT2D eigenvalue weighted by atomic mass is 79.9. The molecule has 2 unspecified atom stereocenters. The zero-order chi connectivity index (χ0) is 14.6. The van der Waals surface area contributed by atoms with E-state index in [2.05, 4.69) is 49.0 Å². The van der Waals surface area contributed by atoms with Crippen LogP contribution in [0.4, 0.5) is 5.82 Å². The molecule has 1 fully saturated rings. The molecule has 0 radical (unpaired) electrons. The van der Waals surface area contributed by atoms with Crippen LogP contribution in [0.5, 0.6) is 0 Å². The van der Waals surface area contributed by atoms with Crippen LogP contribution in [0.25, 0.3) is 0 Å². The van der Waals surface area contributed by atoms with Crippen LogP contribution >= 0.6 is 27.5 Å². The Labute approximate surface area is 137 Å². The van der Waals surface area contributed by atoms with E-state index in [9.17, 15) is 0 Å². The number of aryl methyl sites for hydroxylation is 1. The highest BCUT2D eigenvalue weighted by molar-refractivity contribution is 9.10. The second-order valence-corrected chi connectivity index (χ2v) is 7.32. The van der Waals surface area contributed by atoms with Crippen LogP contribution < -0.4 is 5.32 Å². The zero-order valence-corrected chi connectivity index (χ0v) is 14.1. The minimum absolute atomic E-state index is 0.0895. The van der Waals surface area contributed by atoms with Gasteiger partial charge in [-0.05, 0) is 48.2 Å². The van der Waals surface area contributed by atoms with Crippen molar-refractivity contribution >= 4 is 33.3 Å². The number of hydrogen-bond acceptors (Lipinski definition) is 3. The average Bonchev–Trinajstić information content (AvgIpc) is 3.15. The number of fused-ring (bicyclic) bond motifs is 2. The van der Waals surface area contributed by atoms with Crippen molar-refractivity contribution < 1.29 is 0 Å². The molecule has 1 N–H and O–H groups in total. The molecule has 1 saturated carbocycles. The first kappa shape index (κ1) is 13.6. The van der Waals surface area contributed by atoms with Crippen molar-refractivity contribution in [2.24, 2.45) is 0 Å². The fourth-order valence-corrected chi connectivity index (χ4v) is 4.52. The summed E-state index contributed by atoms with van der Waals surface area (Å²) in [4.78, 5) is 4.48. The van der Waals surface area contributed by atoms with Gasteiger partial charge in [-0.2, -0.15) is 5.10 Å². The third-order valence-electron chi connectivity index (χ3n) is 4.89. The average molecular weight is 368 g/mol. The van der Waals surface area contributed by atoms with Crippen molar-refractivity contribution in [2.75, 3.05) is 11.9 Å². The van der Waals surface area contributed by atoms with Crippen LogP contribution in [0.15, 0.2) is 22.9 Å². The summed E-state index contributed by atoms with van der Waals surface area (Å²) in [5.41, 5.74) is 2.50. The predicted molar refractivity (Wildman–Crippen MR) is 87.0 cm³/mol. The summed E-state index contributed by atoms with van der Waals surface area (Å²) >= 11 is 10.1. The lowest BCUT2D eigenvalue weighted by atomic mass is 9.81. The summed E-state index contributed by atoms with van der Waals surface area (Å²) in [6.45, 7) is 3.03. The van der Waals surface area contributed by atoms with Crippen LogP contribution in [0.3, 0.4) is 0 Å². The summed E-state index contributed by atoms with van der Waals surface area (Å²) in [6.07, 6.45) is 6.97. The Morgan fingerprint density at radius 1 is 1.52 bits per heavy atom. The van der Waals surface area contributed by atoms with E-state index in [4.69, 9.17) is 11.6 Å². The molecule has 21 heavy (non-hydrogen) atoms. The third kappa shape index (κ3) is 1.94. The third-order valence-corrected chi connectivity index (χ3v) is 6.12. The van der Waals surface area contributed by atoms with Crippen molar-refractivity contribution in [1.29, 1.82) is 0 Å². The van der Waals surface area contributed by atoms with Gasteiger partial charge < -0.3 is 5.32 Å². The minimum atomic E-state index is 0.0895. The first-order valence-electron chi connectivity index (χ1n) is 7.19. The predicted octanol–water partition coefficient (Wildman–Crippen LogP) is 4.09. The van der Waals surface area contributed by atoms with Crippen molar-refractivity contribution in [3.63, 3.8) is 0 Å². The monoisotopic (exact) mass is 366 g/mol. The topological polar surface area (TPSA) is 42.7 Å². The molecule has 3 heterocycles. The van der Waals surface area contributed by atoms with Gasteiger partial charge in [0.15, 0.2) is 0 Å². The number of halogens is 2. The Morgan fingerprint density at radius 2 is 2.38 bits per heavy atom. The van der Waals surface area contributed by atoms with E-state index in [0.29, 0.717) is 6.04 Å². The van der Waals surface area contributed by atoms with Gasteiger partial charge in [-0.3, -0.25) is 4.68 Å². The molecule has 0 aromatic carbocycles. The van der Waals surface area contributed by atoms with Gasteiger partial charge in [0, 0.05) is 35.6 Å². The van der Waals surface area contributed by atoms with E-state index < -0.39 is 0 Å². The van der Waals surface area contributed by atoms with E-state index in [-0.39, 0.29) is 5.41 Å². The van der Waals surface area contributed by atoms with E-state index in [0.717, 1.165) is 41.1 Å². The summed E-state index contributed by atoms with van der Waals surface area (Å²) in [5.74, 6) is 0.945. The van der Waals surface area contributed by atoms with E-state index in [1.807, 2.05) is 6.20 Å². The lowest BCUT2D eigenvalue weighted by molar-refractivity contribution is 0.413. The van der Waals surface area contributed by atoms with Gasteiger partial charge in [-0.15, -0.1) is 0 Å². The van der Waals surface area contributed by atoms with E-state index >= 15 is 0 Å². The van der Waals surface area contributed by atoms with Crippen LogP contribution in [0.1, 0.15) is 36.6 Å². The van der Waals surface area contributed by atoms with E-state index in [1.165, 1.54) is 11.3 Å². The lowest BCUT2D eigenvalue weighted by Crippen LogP contribution is -2.26. The minimum Gasteiger partial charge on any atom is -0.369 e. The molecular weight excluding hydrogens is 352 g/mol. The molecular formula is C15H16BrClN4. The van der Waals surface area contributed by atoms with Gasteiger partial charge in [-0.25, -0.2) is 4.98 Å². The molecule has 4 nitrogen and oxygen atoms in total. The molecule has 0 bridgehead atoms. The first-order valence-corrected chi connectivity index (χ1v) is 8.36. The maximum absolute atomic E-state index is 6.56. The van der Waals surface area contributed by atoms with Gasteiger partial charge in [0.2, 0.25) is 0 Å². The largest absolute Gasteiger partial charge is 0.369 e. The van der Waals surface area contributed by atoms with Gasteiger partial charge >= 0.3 is 0 Å². The quantitative estimate of drug-likeness (QED) is 0.825. The van der Waals surface area contributed by atoms with Crippen molar-refractivity contribution in [3.05, 3.63) is 39.2 Å². The molecule has 4 rings (SSSR count). The number of anilines is 1. The van der Waals surface area contributed by atoms with Crippen LogP contribution in [0, 0.1) is 6.92 Å². The first-order chi connectivity index (χ1) is 10.1. The fourth-order valence-electron chi connectivity index (χ4n) is 3.88. The lowest BCUT2D eigenvalue weighted by Gasteiger charge is -2.25. The molecule has 2 aromatic heterocycles. The second kappa shape index (κ2) is 4.71. The Bertz CT molecular complexity index is 714. The number of rotatable bonds is 1. The highest BCUT2D eigenvalue weighted by Gasteiger charge is 2.48. The standard InChI is InChI=1S/C15H16BrClN4/c1-9-3-5-20-21(9)10-2-4-15(6-10)8-19-14-12(15)13(17)11(16)7-18-14/h3,5,7,10H,2,4,6,8H2,1H3,(H,18,19). The summed E-state index contributed by atoms with van der Waals surface area (Å²) < 4.78 is 3.04. The van der Waals surface area contributed by atoms with Gasteiger partial charge in [0.1, 0.15) is 5.82 Å². The van der Waals surface area contributed by atoms with Gasteiger partial charge in [0.05, 0.1) is 15.5 Å². The fraction of sp³-hybridized carbons (Fsp3) is 0.467. The summed E-state index contributed by atoms with van der Waals surface area (Å²) in [6, 6.07) is 2.51. The van der Waals surface area contributed by atoms with Crippen LogP contribution in [-0.4, -0.2) is 21.3 Å². The molecule has 110 valence electrons. The molecule has 2 atom stereocenters. The Kier molecular flexibility index (Phi) is 3.05. The molecule has 2 aromatic rings. The van der Waals surface area contributed by atoms with Crippen LogP contribution in [-0.2, 0) is 5.41 Å². The maximum Gasteiger partial charge on any atom is 0.131 e. The maximum atomic E-state index is 6.56. The van der Waals surface area contributed by atoms with Crippen LogP contribution in [0.2, 0.25) is 5.02 Å². The number of hydrogen-bond donors (Lipinski definition) is 1. The zero-order valence-electron chi connectivity index (χ0n) is 11.7. The number of nitrogens with one attached hydrogen (secondary N) is 1. The number of pyridine rings is 1. The Morgan fingerprint density at radius 3 is 3.14 bits per heavy atom. The molecule has 0 amide bonds. The number of nitrogens with zero attached hydrogens (tertiary/aromatic N) is 3. The Balaban J connectivity index is 1.74. The molecule has 2 aliphatic rings. The smallest absolute Gasteiger partial charge is 0.131 e. The molecule has 1 spiro atoms. The number of aromatic nitrogens is 3.